The Morgan fingerprint density at radius 3 is 2.12 bits per heavy atom. The Kier molecular flexibility index (Phi) is 6.29. The van der Waals surface area contributed by atoms with Crippen molar-refractivity contribution in [3.8, 4) is 0 Å². The molecule has 1 heterocycles. The van der Waals surface area contributed by atoms with Crippen molar-refractivity contribution in [3.63, 3.8) is 0 Å². The molecule has 2 amide bonds. The van der Waals surface area contributed by atoms with E-state index < -0.39 is 0 Å². The summed E-state index contributed by atoms with van der Waals surface area (Å²) >= 11 is 0. The van der Waals surface area contributed by atoms with E-state index in [0.29, 0.717) is 12.6 Å². The van der Waals surface area contributed by atoms with Gasteiger partial charge in [-0.25, -0.2) is 4.79 Å². The second-order valence-electron chi connectivity index (χ2n) is 6.92. The highest BCUT2D eigenvalue weighted by Crippen LogP contribution is 2.17. The lowest BCUT2D eigenvalue weighted by Gasteiger charge is -2.40. The highest BCUT2D eigenvalue weighted by Gasteiger charge is 2.27. The molecule has 0 saturated carbocycles. The molecule has 0 N–H and O–H groups in total. The Morgan fingerprint density at radius 1 is 0.962 bits per heavy atom. The number of hydrogen-bond donors (Lipinski definition) is 0. The van der Waals surface area contributed by atoms with Gasteiger partial charge in [-0.05, 0) is 38.0 Å². The Labute approximate surface area is 157 Å². The first kappa shape index (κ1) is 18.5. The monoisotopic (exact) mass is 351 g/mol. The standard InChI is InChI=1S/C22H29N3O/c1-3-25(21-12-8-5-9-13-21)22(26)24-16-14-23(15-17-24)19(2)18-20-10-6-4-7-11-20/h4-13,19H,3,14-18H2,1-2H3. The number of carbonyl (C=O) groups excluding carboxylic acids is 1. The summed E-state index contributed by atoms with van der Waals surface area (Å²) in [5.41, 5.74) is 2.35. The molecule has 1 saturated heterocycles. The van der Waals surface area contributed by atoms with E-state index in [4.69, 9.17) is 0 Å². The van der Waals surface area contributed by atoms with Gasteiger partial charge in [-0.2, -0.15) is 0 Å². The summed E-state index contributed by atoms with van der Waals surface area (Å²) in [4.78, 5) is 19.3. The first-order chi connectivity index (χ1) is 12.7. The molecule has 26 heavy (non-hydrogen) atoms. The van der Waals surface area contributed by atoms with E-state index in [-0.39, 0.29) is 6.03 Å². The largest absolute Gasteiger partial charge is 0.324 e. The minimum atomic E-state index is 0.120. The molecule has 4 heteroatoms. The number of para-hydroxylation sites is 1. The normalized spacial score (nSPS) is 16.3. The molecule has 1 unspecified atom stereocenters. The highest BCUT2D eigenvalue weighted by molar-refractivity contribution is 5.92. The zero-order valence-electron chi connectivity index (χ0n) is 15.8. The molecular weight excluding hydrogens is 322 g/mol. The van der Waals surface area contributed by atoms with Crippen LogP contribution in [0.15, 0.2) is 60.7 Å². The molecule has 1 atom stereocenters. The average molecular weight is 351 g/mol. The number of rotatable bonds is 5. The molecule has 0 spiro atoms. The van der Waals surface area contributed by atoms with Crippen molar-refractivity contribution in [2.24, 2.45) is 0 Å². The predicted molar refractivity (Wildman–Crippen MR) is 108 cm³/mol. The Hall–Kier alpha value is -2.33. The lowest BCUT2D eigenvalue weighted by Crippen LogP contribution is -2.55. The zero-order valence-corrected chi connectivity index (χ0v) is 15.8. The van der Waals surface area contributed by atoms with Crippen LogP contribution in [0.1, 0.15) is 19.4 Å². The molecular formula is C22H29N3O. The molecule has 138 valence electrons. The zero-order chi connectivity index (χ0) is 18.4. The molecule has 0 bridgehead atoms. The van der Waals surface area contributed by atoms with Crippen LogP contribution < -0.4 is 4.90 Å². The molecule has 0 radical (unpaired) electrons. The minimum Gasteiger partial charge on any atom is -0.322 e. The first-order valence-corrected chi connectivity index (χ1v) is 9.58. The molecule has 0 aromatic heterocycles. The van der Waals surface area contributed by atoms with Crippen molar-refractivity contribution in [2.45, 2.75) is 26.3 Å². The van der Waals surface area contributed by atoms with E-state index in [9.17, 15) is 4.79 Å². The van der Waals surface area contributed by atoms with Crippen molar-refractivity contribution in [2.75, 3.05) is 37.6 Å². The van der Waals surface area contributed by atoms with Crippen molar-refractivity contribution < 1.29 is 4.79 Å². The SMILES string of the molecule is CCN(C(=O)N1CCN(C(C)Cc2ccccc2)CC1)c1ccccc1. The van der Waals surface area contributed by atoms with Crippen LogP contribution in [0.4, 0.5) is 10.5 Å². The lowest BCUT2D eigenvalue weighted by atomic mass is 10.1. The number of benzene rings is 2. The minimum absolute atomic E-state index is 0.120. The van der Waals surface area contributed by atoms with Crippen LogP contribution in [0.25, 0.3) is 0 Å². The highest BCUT2D eigenvalue weighted by atomic mass is 16.2. The van der Waals surface area contributed by atoms with E-state index in [1.54, 1.807) is 0 Å². The van der Waals surface area contributed by atoms with Gasteiger partial charge < -0.3 is 4.90 Å². The number of carbonyl (C=O) groups is 1. The van der Waals surface area contributed by atoms with Gasteiger partial charge in [-0.3, -0.25) is 9.80 Å². The smallest absolute Gasteiger partial charge is 0.322 e. The van der Waals surface area contributed by atoms with Gasteiger partial charge in [-0.15, -0.1) is 0 Å². The molecule has 1 fully saturated rings. The van der Waals surface area contributed by atoms with Crippen LogP contribution in [0.5, 0.6) is 0 Å². The summed E-state index contributed by atoms with van der Waals surface area (Å²) < 4.78 is 0. The van der Waals surface area contributed by atoms with Gasteiger partial charge in [0.25, 0.3) is 0 Å². The first-order valence-electron chi connectivity index (χ1n) is 9.58. The Balaban J connectivity index is 1.55. The Morgan fingerprint density at radius 2 is 1.54 bits per heavy atom. The molecule has 2 aromatic carbocycles. The number of hydrogen-bond acceptors (Lipinski definition) is 2. The maximum absolute atomic E-state index is 12.9. The van der Waals surface area contributed by atoms with Gasteiger partial charge in [0.15, 0.2) is 0 Å². The maximum Gasteiger partial charge on any atom is 0.324 e. The van der Waals surface area contributed by atoms with Crippen molar-refractivity contribution in [1.82, 2.24) is 9.80 Å². The summed E-state index contributed by atoms with van der Waals surface area (Å²) in [6.07, 6.45) is 1.06. The molecule has 0 aliphatic carbocycles. The molecule has 3 rings (SSSR count). The summed E-state index contributed by atoms with van der Waals surface area (Å²) in [5, 5.41) is 0. The second-order valence-corrected chi connectivity index (χ2v) is 6.92. The lowest BCUT2D eigenvalue weighted by molar-refractivity contribution is 0.116. The van der Waals surface area contributed by atoms with Gasteiger partial charge in [0.05, 0.1) is 0 Å². The topological polar surface area (TPSA) is 26.8 Å². The fourth-order valence-corrected chi connectivity index (χ4v) is 3.65. The molecule has 2 aromatic rings. The van der Waals surface area contributed by atoms with Gasteiger partial charge in [0.1, 0.15) is 0 Å². The number of anilines is 1. The molecule has 1 aliphatic heterocycles. The third-order valence-electron chi connectivity index (χ3n) is 5.20. The number of amides is 2. The third kappa shape index (κ3) is 4.44. The maximum atomic E-state index is 12.9. The van der Waals surface area contributed by atoms with Crippen LogP contribution in [-0.4, -0.2) is 54.6 Å². The summed E-state index contributed by atoms with van der Waals surface area (Å²) in [6, 6.07) is 21.2. The van der Waals surface area contributed by atoms with Crippen LogP contribution >= 0.6 is 0 Å². The van der Waals surface area contributed by atoms with Gasteiger partial charge in [-0.1, -0.05) is 48.5 Å². The molecule has 1 aliphatic rings. The Bertz CT molecular complexity index is 681. The number of urea groups is 1. The quantitative estimate of drug-likeness (QED) is 0.817. The van der Waals surface area contributed by atoms with Crippen molar-refractivity contribution in [3.05, 3.63) is 66.2 Å². The fourth-order valence-electron chi connectivity index (χ4n) is 3.65. The fraction of sp³-hybridized carbons (Fsp3) is 0.409. The van der Waals surface area contributed by atoms with Gasteiger partial charge in [0, 0.05) is 44.5 Å². The second kappa shape index (κ2) is 8.86. The van der Waals surface area contributed by atoms with Crippen LogP contribution in [0.3, 0.4) is 0 Å². The third-order valence-corrected chi connectivity index (χ3v) is 5.20. The van der Waals surface area contributed by atoms with Crippen LogP contribution in [-0.2, 0) is 6.42 Å². The van der Waals surface area contributed by atoms with Crippen molar-refractivity contribution in [1.29, 1.82) is 0 Å². The van der Waals surface area contributed by atoms with Crippen molar-refractivity contribution >= 4 is 11.7 Å². The van der Waals surface area contributed by atoms with Crippen LogP contribution in [0.2, 0.25) is 0 Å². The average Bonchev–Trinajstić information content (AvgIpc) is 2.70. The molecule has 4 nitrogen and oxygen atoms in total. The van der Waals surface area contributed by atoms with E-state index in [1.165, 1.54) is 5.56 Å². The summed E-state index contributed by atoms with van der Waals surface area (Å²) in [7, 11) is 0. The van der Waals surface area contributed by atoms with Gasteiger partial charge >= 0.3 is 6.03 Å². The van der Waals surface area contributed by atoms with E-state index in [0.717, 1.165) is 38.3 Å². The summed E-state index contributed by atoms with van der Waals surface area (Å²) in [6.45, 7) is 8.46. The van der Waals surface area contributed by atoms with Crippen LogP contribution in [0, 0.1) is 0 Å². The van der Waals surface area contributed by atoms with E-state index in [2.05, 4.69) is 42.2 Å². The van der Waals surface area contributed by atoms with Gasteiger partial charge in [0.2, 0.25) is 0 Å². The van der Waals surface area contributed by atoms with E-state index >= 15 is 0 Å². The summed E-state index contributed by atoms with van der Waals surface area (Å²) in [5.74, 6) is 0. The number of piperazine rings is 1. The number of nitrogens with zero attached hydrogens (tertiary/aromatic N) is 3. The van der Waals surface area contributed by atoms with E-state index in [1.807, 2.05) is 47.1 Å². The predicted octanol–water partition coefficient (Wildman–Crippen LogP) is 3.88.